The third-order valence-electron chi connectivity index (χ3n) is 7.77. The second kappa shape index (κ2) is 14.1. The molecule has 0 saturated carbocycles. The Bertz CT molecular complexity index is 851. The van der Waals surface area contributed by atoms with E-state index in [9.17, 15) is 61.3 Å². The Labute approximate surface area is 238 Å². The number of aliphatic hydroxyl groups excluding tert-OH is 12. The summed E-state index contributed by atoms with van der Waals surface area (Å²) in [4.78, 5) is 0. The van der Waals surface area contributed by atoms with Crippen LogP contribution in [0.4, 0.5) is 0 Å². The van der Waals surface area contributed by atoms with Crippen molar-refractivity contribution in [2.75, 3.05) is 19.8 Å². The van der Waals surface area contributed by atoms with E-state index in [1.807, 2.05) is 0 Å². The molecule has 0 spiro atoms. The molecule has 4 heterocycles. The van der Waals surface area contributed by atoms with Crippen LogP contribution >= 0.6 is 0 Å². The molecule has 0 aromatic heterocycles. The van der Waals surface area contributed by atoms with Crippen molar-refractivity contribution < 1.29 is 94.4 Å². The number of aliphatic hydroxyl groups is 12. The van der Waals surface area contributed by atoms with Gasteiger partial charge in [0.15, 0.2) is 25.2 Å². The summed E-state index contributed by atoms with van der Waals surface area (Å²) in [6.07, 6.45) is -31.4. The van der Waals surface area contributed by atoms with Gasteiger partial charge in [0.05, 0.1) is 25.9 Å². The highest BCUT2D eigenvalue weighted by Gasteiger charge is 2.54. The molecule has 4 fully saturated rings. The molecule has 42 heavy (non-hydrogen) atoms. The van der Waals surface area contributed by atoms with E-state index in [4.69, 9.17) is 33.2 Å². The average Bonchev–Trinajstić information content (AvgIpc) is 2.97. The molecule has 4 aliphatic rings. The van der Waals surface area contributed by atoms with Gasteiger partial charge in [-0.25, -0.2) is 0 Å². The van der Waals surface area contributed by atoms with Crippen molar-refractivity contribution >= 4 is 0 Å². The summed E-state index contributed by atoms with van der Waals surface area (Å²) in [6.45, 7) is -0.631. The van der Waals surface area contributed by atoms with Gasteiger partial charge in [-0.2, -0.15) is 0 Å². The fraction of sp³-hybridized carbons (Fsp3) is 1.00. The summed E-state index contributed by atoms with van der Waals surface area (Å²) in [5.74, 6) is 0. The van der Waals surface area contributed by atoms with Crippen LogP contribution in [0.5, 0.6) is 0 Å². The minimum atomic E-state index is -1.97. The molecule has 0 radical (unpaired) electrons. The molecule has 0 unspecified atom stereocenters. The molecule has 19 nitrogen and oxygen atoms in total. The van der Waals surface area contributed by atoms with Crippen LogP contribution in [0.1, 0.15) is 6.92 Å². The van der Waals surface area contributed by atoms with Crippen LogP contribution in [0.15, 0.2) is 0 Å². The molecule has 19 heteroatoms. The maximum atomic E-state index is 10.9. The van der Waals surface area contributed by atoms with Gasteiger partial charge in [-0.05, 0) is 6.92 Å². The maximum Gasteiger partial charge on any atom is 0.187 e. The van der Waals surface area contributed by atoms with Gasteiger partial charge in [-0.1, -0.05) is 0 Å². The SMILES string of the molecule is C[C@@H]1O[C@@H](O[C@@H]2[C@@H](O)[C@@H](O)CO[C@H]2O)[C@H](O)[C@H](O[C@@H]2O[C@H](CO)[C@@H](O[C@@H]3O[C@H](CO)[C@@H](O)[C@H](O)[C@H]3O)[C@H](O)[C@H]2O)[C@H]1O. The van der Waals surface area contributed by atoms with Gasteiger partial charge >= 0.3 is 0 Å². The lowest BCUT2D eigenvalue weighted by atomic mass is 9.96. The van der Waals surface area contributed by atoms with Crippen molar-refractivity contribution in [1.29, 1.82) is 0 Å². The van der Waals surface area contributed by atoms with Gasteiger partial charge in [0.25, 0.3) is 0 Å². The second-order valence-electron chi connectivity index (χ2n) is 10.7. The predicted molar refractivity (Wildman–Crippen MR) is 126 cm³/mol. The highest BCUT2D eigenvalue weighted by atomic mass is 16.8. The van der Waals surface area contributed by atoms with Crippen LogP contribution in [-0.2, 0) is 33.2 Å². The molecule has 0 amide bonds. The Kier molecular flexibility index (Phi) is 11.5. The molecule has 246 valence electrons. The van der Waals surface area contributed by atoms with Gasteiger partial charge in [0, 0.05) is 0 Å². The summed E-state index contributed by atoms with van der Waals surface area (Å²) in [6, 6.07) is 0. The van der Waals surface area contributed by atoms with Gasteiger partial charge in [-0.15, -0.1) is 0 Å². The fourth-order valence-corrected chi connectivity index (χ4v) is 5.17. The number of hydrogen-bond acceptors (Lipinski definition) is 19. The lowest BCUT2D eigenvalue weighted by Gasteiger charge is -2.48. The average molecular weight is 621 g/mol. The van der Waals surface area contributed by atoms with Crippen molar-refractivity contribution in [3.63, 3.8) is 0 Å². The Morgan fingerprint density at radius 2 is 1.05 bits per heavy atom. The number of ether oxygens (including phenoxy) is 7. The molecule has 4 aliphatic heterocycles. The monoisotopic (exact) mass is 620 g/mol. The fourth-order valence-electron chi connectivity index (χ4n) is 5.17. The summed E-state index contributed by atoms with van der Waals surface area (Å²) in [5.41, 5.74) is 0. The van der Waals surface area contributed by atoms with Gasteiger partial charge < -0.3 is 94.4 Å². The number of hydrogen-bond donors (Lipinski definition) is 12. The molecule has 0 aliphatic carbocycles. The van der Waals surface area contributed by atoms with Crippen molar-refractivity contribution in [3.8, 4) is 0 Å². The summed E-state index contributed by atoms with van der Waals surface area (Å²) < 4.78 is 37.7. The summed E-state index contributed by atoms with van der Waals surface area (Å²) in [5, 5.41) is 123. The van der Waals surface area contributed by atoms with E-state index >= 15 is 0 Å². The third-order valence-corrected chi connectivity index (χ3v) is 7.77. The lowest BCUT2D eigenvalue weighted by Crippen LogP contribution is -2.66. The van der Waals surface area contributed by atoms with E-state index in [2.05, 4.69) is 0 Å². The van der Waals surface area contributed by atoms with Crippen LogP contribution < -0.4 is 0 Å². The van der Waals surface area contributed by atoms with Crippen molar-refractivity contribution in [2.24, 2.45) is 0 Å². The second-order valence-corrected chi connectivity index (χ2v) is 10.7. The van der Waals surface area contributed by atoms with Crippen molar-refractivity contribution in [1.82, 2.24) is 0 Å². The number of rotatable bonds is 8. The minimum Gasteiger partial charge on any atom is -0.394 e. The molecule has 0 aromatic rings. The molecular formula is C23H40O19. The third kappa shape index (κ3) is 6.74. The molecule has 12 N–H and O–H groups in total. The standard InChI is InChI=1S/C23H40O19/c1-5-9(27)18(16(34)23(37-5)42-19-10(28)6(26)4-36-20(19)35)41-22-15(33)13(31)17(8(3-25)39-22)40-21-14(32)12(30)11(29)7(2-24)38-21/h5-35H,2-4H2,1H3/t5-,6-,7+,8+,9-,10-,11+,12-,13+,14+,15+,16+,17+,18+,19+,20+,21-,22-,23-/m0/s1. The van der Waals surface area contributed by atoms with E-state index in [1.54, 1.807) is 0 Å². The summed E-state index contributed by atoms with van der Waals surface area (Å²) >= 11 is 0. The van der Waals surface area contributed by atoms with Crippen LogP contribution in [-0.4, -0.2) is 198 Å². The molecule has 4 saturated heterocycles. The van der Waals surface area contributed by atoms with Gasteiger partial charge in [0.2, 0.25) is 0 Å². The van der Waals surface area contributed by atoms with E-state index in [0.29, 0.717) is 0 Å². The van der Waals surface area contributed by atoms with E-state index in [1.165, 1.54) is 6.92 Å². The van der Waals surface area contributed by atoms with E-state index in [-0.39, 0.29) is 6.61 Å². The molecule has 0 bridgehead atoms. The smallest absolute Gasteiger partial charge is 0.187 e. The first-order valence-electron chi connectivity index (χ1n) is 13.4. The van der Waals surface area contributed by atoms with Crippen molar-refractivity contribution in [2.45, 2.75) is 124 Å². The van der Waals surface area contributed by atoms with Crippen LogP contribution in [0.2, 0.25) is 0 Å². The first-order valence-corrected chi connectivity index (χ1v) is 13.4. The highest BCUT2D eigenvalue weighted by molar-refractivity contribution is 4.96. The van der Waals surface area contributed by atoms with Crippen LogP contribution in [0.3, 0.4) is 0 Å². The Morgan fingerprint density at radius 3 is 1.67 bits per heavy atom. The van der Waals surface area contributed by atoms with E-state index < -0.39 is 130 Å². The Hall–Kier alpha value is -0.760. The topological polar surface area (TPSA) is 307 Å². The van der Waals surface area contributed by atoms with E-state index in [0.717, 1.165) is 0 Å². The van der Waals surface area contributed by atoms with Crippen LogP contribution in [0.25, 0.3) is 0 Å². The molecule has 0 aromatic carbocycles. The summed E-state index contributed by atoms with van der Waals surface area (Å²) in [7, 11) is 0. The maximum absolute atomic E-state index is 10.9. The van der Waals surface area contributed by atoms with Gasteiger partial charge in [0.1, 0.15) is 85.5 Å². The van der Waals surface area contributed by atoms with Gasteiger partial charge in [-0.3, -0.25) is 0 Å². The zero-order chi connectivity index (χ0) is 31.0. The first-order chi connectivity index (χ1) is 19.8. The van der Waals surface area contributed by atoms with Crippen molar-refractivity contribution in [3.05, 3.63) is 0 Å². The normalized spacial score (nSPS) is 54.1. The minimum absolute atomic E-state index is 0.385. The largest absolute Gasteiger partial charge is 0.394 e. The molecule has 19 atom stereocenters. The molecule has 4 rings (SSSR count). The predicted octanol–water partition coefficient (Wildman–Crippen LogP) is -8.08. The quantitative estimate of drug-likeness (QED) is 0.120. The molecular weight excluding hydrogens is 580 g/mol. The zero-order valence-electron chi connectivity index (χ0n) is 22.3. The highest BCUT2D eigenvalue weighted by Crippen LogP contribution is 2.33. The Balaban J connectivity index is 1.45. The zero-order valence-corrected chi connectivity index (χ0v) is 22.3. The van der Waals surface area contributed by atoms with Crippen LogP contribution in [0, 0.1) is 0 Å². The first kappa shape index (κ1) is 34.1. The lowest BCUT2D eigenvalue weighted by molar-refractivity contribution is -0.386. The Morgan fingerprint density at radius 1 is 0.524 bits per heavy atom.